The van der Waals surface area contributed by atoms with E-state index in [0.29, 0.717) is 23.5 Å². The molecule has 2 aromatic rings. The van der Waals surface area contributed by atoms with E-state index in [9.17, 15) is 19.2 Å². The third-order valence-electron chi connectivity index (χ3n) is 8.45. The molecule has 3 fully saturated rings. The quantitative estimate of drug-likeness (QED) is 0.496. The molecule has 8 heteroatoms. The maximum atomic E-state index is 13.0. The number of carbonyl (C=O) groups is 4. The fraction of sp³-hybridized carbons (Fsp3) is 0.500. The molecule has 0 bridgehead atoms. The van der Waals surface area contributed by atoms with Gasteiger partial charge in [-0.05, 0) is 74.4 Å². The Morgan fingerprint density at radius 3 is 2.30 bits per heavy atom. The van der Waals surface area contributed by atoms with Crippen molar-refractivity contribution in [3.05, 3.63) is 59.7 Å². The van der Waals surface area contributed by atoms with Crippen molar-refractivity contribution in [1.82, 2.24) is 9.80 Å². The summed E-state index contributed by atoms with van der Waals surface area (Å²) in [5.41, 5.74) is 2.66. The van der Waals surface area contributed by atoms with Crippen molar-refractivity contribution in [3.8, 4) is 0 Å². The molecule has 1 heterocycles. The number of nitrogens with zero attached hydrogens (tertiary/aromatic N) is 2. The van der Waals surface area contributed by atoms with Crippen molar-refractivity contribution in [2.24, 2.45) is 11.8 Å². The van der Waals surface area contributed by atoms with E-state index in [1.54, 1.807) is 36.4 Å². The summed E-state index contributed by atoms with van der Waals surface area (Å²) in [4.78, 5) is 54.7. The van der Waals surface area contributed by atoms with Crippen molar-refractivity contribution in [1.29, 1.82) is 0 Å². The predicted octanol–water partition coefficient (Wildman–Crippen LogP) is 4.86. The van der Waals surface area contributed by atoms with Gasteiger partial charge in [0, 0.05) is 49.0 Å². The highest BCUT2D eigenvalue weighted by atomic mass is 16.2. The summed E-state index contributed by atoms with van der Waals surface area (Å²) >= 11 is 0. The van der Waals surface area contributed by atoms with Crippen LogP contribution >= 0.6 is 0 Å². The van der Waals surface area contributed by atoms with Crippen LogP contribution in [0.25, 0.3) is 0 Å². The number of benzene rings is 2. The van der Waals surface area contributed by atoms with E-state index in [0.717, 1.165) is 63.5 Å². The molecule has 3 aliphatic rings. The predicted molar refractivity (Wildman–Crippen MR) is 155 cm³/mol. The first kappa shape index (κ1) is 27.9. The number of carbonyl (C=O) groups excluding carboxylic acids is 4. The topological polar surface area (TPSA) is 98.8 Å². The SMILES string of the molecule is CN(C(=O)c1cccc(NC(=O)Cc2ccc(NC(=O)C3CCCN(C(=O)C4CC4)C3)cc2)c1)C1CCCCC1. The molecule has 1 aliphatic heterocycles. The van der Waals surface area contributed by atoms with Crippen LogP contribution in [0.3, 0.4) is 0 Å². The molecule has 0 aromatic heterocycles. The van der Waals surface area contributed by atoms with E-state index < -0.39 is 0 Å². The average molecular weight is 545 g/mol. The van der Waals surface area contributed by atoms with Gasteiger partial charge >= 0.3 is 0 Å². The van der Waals surface area contributed by atoms with Crippen LogP contribution in [0.1, 0.15) is 73.7 Å². The maximum Gasteiger partial charge on any atom is 0.253 e. The second-order valence-electron chi connectivity index (χ2n) is 11.6. The molecule has 40 heavy (non-hydrogen) atoms. The molecular weight excluding hydrogens is 504 g/mol. The molecule has 8 nitrogen and oxygen atoms in total. The normalized spacial score (nSPS) is 19.5. The van der Waals surface area contributed by atoms with Gasteiger partial charge in [0.25, 0.3) is 5.91 Å². The first-order valence-corrected chi connectivity index (χ1v) is 14.7. The molecule has 0 radical (unpaired) electrons. The number of hydrogen-bond acceptors (Lipinski definition) is 4. The average Bonchev–Trinajstić information content (AvgIpc) is 3.83. The number of likely N-dealkylation sites (tertiary alicyclic amines) is 1. The van der Waals surface area contributed by atoms with Gasteiger partial charge in [-0.2, -0.15) is 0 Å². The summed E-state index contributed by atoms with van der Waals surface area (Å²) in [6.45, 7) is 1.23. The number of piperidine rings is 1. The van der Waals surface area contributed by atoms with Crippen molar-refractivity contribution in [2.75, 3.05) is 30.8 Å². The Bertz CT molecular complexity index is 1230. The third kappa shape index (κ3) is 7.09. The van der Waals surface area contributed by atoms with Gasteiger partial charge < -0.3 is 20.4 Å². The number of rotatable bonds is 8. The highest BCUT2D eigenvalue weighted by molar-refractivity contribution is 5.98. The van der Waals surface area contributed by atoms with Crippen molar-refractivity contribution in [2.45, 2.75) is 70.3 Å². The minimum atomic E-state index is -0.202. The van der Waals surface area contributed by atoms with Crippen LogP contribution < -0.4 is 10.6 Å². The lowest BCUT2D eigenvalue weighted by Gasteiger charge is -2.32. The van der Waals surface area contributed by atoms with Crippen LogP contribution in [0.2, 0.25) is 0 Å². The van der Waals surface area contributed by atoms with E-state index in [-0.39, 0.29) is 47.9 Å². The smallest absolute Gasteiger partial charge is 0.253 e. The fourth-order valence-corrected chi connectivity index (χ4v) is 5.89. The van der Waals surface area contributed by atoms with Crippen molar-refractivity contribution >= 4 is 35.0 Å². The molecule has 0 spiro atoms. The van der Waals surface area contributed by atoms with E-state index >= 15 is 0 Å². The summed E-state index contributed by atoms with van der Waals surface area (Å²) in [7, 11) is 1.87. The summed E-state index contributed by atoms with van der Waals surface area (Å²) in [6.07, 6.45) is 9.39. The molecule has 1 unspecified atom stereocenters. The lowest BCUT2D eigenvalue weighted by atomic mass is 9.94. The molecular formula is C32H40N4O4. The van der Waals surface area contributed by atoms with Crippen molar-refractivity contribution in [3.63, 3.8) is 0 Å². The van der Waals surface area contributed by atoms with Crippen LogP contribution in [-0.2, 0) is 20.8 Å². The molecule has 212 valence electrons. The van der Waals surface area contributed by atoms with Gasteiger partial charge in [-0.25, -0.2) is 0 Å². The molecule has 2 aromatic carbocycles. The Kier molecular flexibility index (Phi) is 8.82. The summed E-state index contributed by atoms with van der Waals surface area (Å²) in [6, 6.07) is 14.7. The monoisotopic (exact) mass is 544 g/mol. The first-order chi connectivity index (χ1) is 19.4. The highest BCUT2D eigenvalue weighted by Gasteiger charge is 2.36. The highest BCUT2D eigenvalue weighted by Crippen LogP contribution is 2.32. The van der Waals surface area contributed by atoms with E-state index in [4.69, 9.17) is 0 Å². The summed E-state index contributed by atoms with van der Waals surface area (Å²) in [5.74, 6) is -0.0914. The Morgan fingerprint density at radius 2 is 1.57 bits per heavy atom. The van der Waals surface area contributed by atoms with E-state index in [1.807, 2.05) is 29.0 Å². The Morgan fingerprint density at radius 1 is 0.825 bits per heavy atom. The molecule has 1 atom stereocenters. The maximum absolute atomic E-state index is 13.0. The van der Waals surface area contributed by atoms with Crippen LogP contribution in [-0.4, -0.2) is 59.6 Å². The molecule has 2 N–H and O–H groups in total. The number of anilines is 2. The van der Waals surface area contributed by atoms with E-state index in [1.165, 1.54) is 6.42 Å². The van der Waals surface area contributed by atoms with Gasteiger partial charge in [0.2, 0.25) is 17.7 Å². The Hall–Kier alpha value is -3.68. The van der Waals surface area contributed by atoms with Gasteiger partial charge in [0.1, 0.15) is 0 Å². The van der Waals surface area contributed by atoms with Gasteiger partial charge in [-0.15, -0.1) is 0 Å². The van der Waals surface area contributed by atoms with Gasteiger partial charge in [0.05, 0.1) is 12.3 Å². The minimum absolute atomic E-state index is 0.0175. The summed E-state index contributed by atoms with van der Waals surface area (Å²) in [5, 5.41) is 5.88. The zero-order valence-electron chi connectivity index (χ0n) is 23.4. The fourth-order valence-electron chi connectivity index (χ4n) is 5.89. The third-order valence-corrected chi connectivity index (χ3v) is 8.45. The van der Waals surface area contributed by atoms with Crippen LogP contribution in [0.4, 0.5) is 11.4 Å². The first-order valence-electron chi connectivity index (χ1n) is 14.7. The zero-order chi connectivity index (χ0) is 28.1. The van der Waals surface area contributed by atoms with Crippen LogP contribution in [0, 0.1) is 11.8 Å². The number of nitrogens with one attached hydrogen (secondary N) is 2. The van der Waals surface area contributed by atoms with Gasteiger partial charge in [0.15, 0.2) is 0 Å². The molecule has 2 aliphatic carbocycles. The van der Waals surface area contributed by atoms with Crippen LogP contribution in [0.15, 0.2) is 48.5 Å². The second kappa shape index (κ2) is 12.7. The van der Waals surface area contributed by atoms with Crippen molar-refractivity contribution < 1.29 is 19.2 Å². The lowest BCUT2D eigenvalue weighted by Crippen LogP contribution is -2.44. The second-order valence-corrected chi connectivity index (χ2v) is 11.6. The minimum Gasteiger partial charge on any atom is -0.342 e. The Labute approximate surface area is 236 Å². The molecule has 1 saturated heterocycles. The number of hydrogen-bond donors (Lipinski definition) is 2. The summed E-state index contributed by atoms with van der Waals surface area (Å²) < 4.78 is 0. The zero-order valence-corrected chi connectivity index (χ0v) is 23.4. The van der Waals surface area contributed by atoms with Gasteiger partial charge in [-0.1, -0.05) is 37.5 Å². The molecule has 4 amide bonds. The van der Waals surface area contributed by atoms with E-state index in [2.05, 4.69) is 10.6 Å². The van der Waals surface area contributed by atoms with Gasteiger partial charge in [-0.3, -0.25) is 19.2 Å². The number of amides is 4. The largest absolute Gasteiger partial charge is 0.342 e. The van der Waals surface area contributed by atoms with Crippen LogP contribution in [0.5, 0.6) is 0 Å². The standard InChI is InChI=1S/C32H40N4O4/c1-35(28-10-3-2-4-11-28)31(39)24-7-5-9-27(20-24)33-29(37)19-22-12-16-26(17-13-22)34-30(38)25-8-6-18-36(21-25)32(40)23-14-15-23/h5,7,9,12-13,16-17,20,23,25,28H,2-4,6,8,10-11,14-15,18-19,21H2,1H3,(H,33,37)(H,34,38). The molecule has 2 saturated carbocycles. The molecule has 5 rings (SSSR count). The lowest BCUT2D eigenvalue weighted by molar-refractivity contribution is -0.135. The Balaban J connectivity index is 1.11.